The second kappa shape index (κ2) is 5.48. The topological polar surface area (TPSA) is 26.7 Å². The Balaban J connectivity index is 1.85. The highest BCUT2D eigenvalue weighted by Gasteiger charge is 2.31. The number of piperidine rings is 1. The molecular formula is C13H26N2O. The van der Waals surface area contributed by atoms with Gasteiger partial charge in [-0.3, -0.25) is 9.80 Å². The van der Waals surface area contributed by atoms with E-state index in [2.05, 4.69) is 23.6 Å². The Morgan fingerprint density at radius 3 is 2.62 bits per heavy atom. The predicted octanol–water partition coefficient (Wildman–Crippen LogP) is 1.17. The molecule has 0 aromatic heterocycles. The van der Waals surface area contributed by atoms with Gasteiger partial charge < -0.3 is 5.11 Å². The largest absolute Gasteiger partial charge is 0.396 e. The standard InChI is InChI=1S/C13H26N2O/c1-11(2)14-6-3-4-13(9-14)15-7-5-12(8-15)10-16/h11-13,16H,3-10H2,1-2H3. The van der Waals surface area contributed by atoms with Crippen LogP contribution >= 0.6 is 0 Å². The van der Waals surface area contributed by atoms with Gasteiger partial charge in [0.05, 0.1) is 0 Å². The summed E-state index contributed by atoms with van der Waals surface area (Å²) < 4.78 is 0. The summed E-state index contributed by atoms with van der Waals surface area (Å²) in [5.41, 5.74) is 0. The van der Waals surface area contributed by atoms with Crippen LogP contribution in [0.3, 0.4) is 0 Å². The number of aliphatic hydroxyl groups is 1. The van der Waals surface area contributed by atoms with E-state index in [1.165, 1.54) is 38.9 Å². The quantitative estimate of drug-likeness (QED) is 0.782. The molecule has 0 saturated carbocycles. The van der Waals surface area contributed by atoms with E-state index in [9.17, 15) is 5.11 Å². The molecule has 2 atom stereocenters. The van der Waals surface area contributed by atoms with E-state index < -0.39 is 0 Å². The third kappa shape index (κ3) is 2.76. The van der Waals surface area contributed by atoms with E-state index in [1.807, 2.05) is 0 Å². The lowest BCUT2D eigenvalue weighted by atomic mass is 10.0. The fraction of sp³-hybridized carbons (Fsp3) is 1.00. The second-order valence-electron chi connectivity index (χ2n) is 5.72. The van der Waals surface area contributed by atoms with Gasteiger partial charge in [-0.15, -0.1) is 0 Å². The molecule has 94 valence electrons. The van der Waals surface area contributed by atoms with Crippen molar-refractivity contribution in [2.75, 3.05) is 32.8 Å². The molecule has 1 N–H and O–H groups in total. The van der Waals surface area contributed by atoms with Crippen molar-refractivity contribution in [3.05, 3.63) is 0 Å². The van der Waals surface area contributed by atoms with Gasteiger partial charge in [0.1, 0.15) is 0 Å². The Bertz CT molecular complexity index is 220. The van der Waals surface area contributed by atoms with Crippen molar-refractivity contribution in [3.8, 4) is 0 Å². The first-order valence-corrected chi connectivity index (χ1v) is 6.79. The molecule has 0 aromatic carbocycles. The zero-order valence-corrected chi connectivity index (χ0v) is 10.7. The molecule has 2 unspecified atom stereocenters. The van der Waals surface area contributed by atoms with Gasteiger partial charge in [-0.05, 0) is 52.1 Å². The minimum absolute atomic E-state index is 0.372. The zero-order chi connectivity index (χ0) is 11.5. The van der Waals surface area contributed by atoms with Crippen molar-refractivity contribution in [2.24, 2.45) is 5.92 Å². The number of aliphatic hydroxyl groups excluding tert-OH is 1. The molecule has 0 radical (unpaired) electrons. The molecule has 2 rings (SSSR count). The van der Waals surface area contributed by atoms with Crippen molar-refractivity contribution < 1.29 is 5.11 Å². The van der Waals surface area contributed by atoms with E-state index in [0.29, 0.717) is 18.6 Å². The van der Waals surface area contributed by atoms with Gasteiger partial charge in [0.15, 0.2) is 0 Å². The van der Waals surface area contributed by atoms with E-state index in [4.69, 9.17) is 0 Å². The zero-order valence-electron chi connectivity index (χ0n) is 10.7. The molecule has 0 bridgehead atoms. The van der Waals surface area contributed by atoms with Gasteiger partial charge in [-0.2, -0.15) is 0 Å². The summed E-state index contributed by atoms with van der Waals surface area (Å²) in [5.74, 6) is 0.537. The van der Waals surface area contributed by atoms with Gasteiger partial charge >= 0.3 is 0 Å². The van der Waals surface area contributed by atoms with Crippen LogP contribution < -0.4 is 0 Å². The summed E-state index contributed by atoms with van der Waals surface area (Å²) in [6, 6.07) is 1.42. The lowest BCUT2D eigenvalue weighted by molar-refractivity contribution is 0.0894. The van der Waals surface area contributed by atoms with Crippen molar-refractivity contribution in [2.45, 2.75) is 45.2 Å². The Morgan fingerprint density at radius 1 is 1.19 bits per heavy atom. The van der Waals surface area contributed by atoms with Crippen LogP contribution in [0.5, 0.6) is 0 Å². The molecule has 0 aromatic rings. The summed E-state index contributed by atoms with van der Waals surface area (Å²) in [4.78, 5) is 5.20. The number of likely N-dealkylation sites (tertiary alicyclic amines) is 2. The molecule has 0 spiro atoms. The van der Waals surface area contributed by atoms with Crippen molar-refractivity contribution in [3.63, 3.8) is 0 Å². The number of hydrogen-bond donors (Lipinski definition) is 1. The van der Waals surface area contributed by atoms with Crippen molar-refractivity contribution >= 4 is 0 Å². The fourth-order valence-corrected chi connectivity index (χ4v) is 3.09. The Labute approximate surface area is 99.4 Å². The van der Waals surface area contributed by atoms with Crippen LogP contribution in [-0.4, -0.2) is 59.8 Å². The van der Waals surface area contributed by atoms with Crippen LogP contribution in [0.2, 0.25) is 0 Å². The van der Waals surface area contributed by atoms with Crippen LogP contribution in [0.15, 0.2) is 0 Å². The van der Waals surface area contributed by atoms with Gasteiger partial charge in [-0.25, -0.2) is 0 Å². The SMILES string of the molecule is CC(C)N1CCCC(N2CCC(CO)C2)C1. The highest BCUT2D eigenvalue weighted by atomic mass is 16.3. The molecule has 2 fully saturated rings. The van der Waals surface area contributed by atoms with Gasteiger partial charge in [-0.1, -0.05) is 0 Å². The average molecular weight is 226 g/mol. The Morgan fingerprint density at radius 2 is 2.00 bits per heavy atom. The van der Waals surface area contributed by atoms with Crippen LogP contribution in [0, 0.1) is 5.92 Å². The Kier molecular flexibility index (Phi) is 4.22. The van der Waals surface area contributed by atoms with E-state index in [0.717, 1.165) is 12.6 Å². The van der Waals surface area contributed by atoms with E-state index in [-0.39, 0.29) is 0 Å². The minimum Gasteiger partial charge on any atom is -0.396 e. The molecule has 2 aliphatic heterocycles. The van der Waals surface area contributed by atoms with Crippen molar-refractivity contribution in [1.29, 1.82) is 0 Å². The van der Waals surface area contributed by atoms with Crippen LogP contribution in [0.4, 0.5) is 0 Å². The third-order valence-electron chi connectivity index (χ3n) is 4.25. The molecule has 0 aliphatic carbocycles. The maximum atomic E-state index is 9.19. The molecule has 3 heteroatoms. The van der Waals surface area contributed by atoms with Gasteiger partial charge in [0, 0.05) is 31.8 Å². The van der Waals surface area contributed by atoms with Crippen LogP contribution in [-0.2, 0) is 0 Å². The number of rotatable bonds is 3. The highest BCUT2D eigenvalue weighted by molar-refractivity contribution is 4.86. The second-order valence-corrected chi connectivity index (χ2v) is 5.72. The molecule has 2 aliphatic rings. The molecular weight excluding hydrogens is 200 g/mol. The summed E-state index contributed by atoms with van der Waals surface area (Å²) in [6.07, 6.45) is 3.87. The molecule has 3 nitrogen and oxygen atoms in total. The Hall–Kier alpha value is -0.120. The summed E-state index contributed by atoms with van der Waals surface area (Å²) >= 11 is 0. The lowest BCUT2D eigenvalue weighted by Crippen LogP contribution is -2.49. The first kappa shape index (κ1) is 12.3. The summed E-state index contributed by atoms with van der Waals surface area (Å²) in [5, 5.41) is 9.19. The normalized spacial score (nSPS) is 33.8. The first-order valence-electron chi connectivity index (χ1n) is 6.79. The van der Waals surface area contributed by atoms with Gasteiger partial charge in [0.25, 0.3) is 0 Å². The van der Waals surface area contributed by atoms with E-state index in [1.54, 1.807) is 0 Å². The van der Waals surface area contributed by atoms with Crippen LogP contribution in [0.25, 0.3) is 0 Å². The third-order valence-corrected chi connectivity index (χ3v) is 4.25. The summed E-state index contributed by atoms with van der Waals surface area (Å²) in [6.45, 7) is 9.78. The van der Waals surface area contributed by atoms with Crippen molar-refractivity contribution in [1.82, 2.24) is 9.80 Å². The summed E-state index contributed by atoms with van der Waals surface area (Å²) in [7, 11) is 0. The molecule has 0 amide bonds. The highest BCUT2D eigenvalue weighted by Crippen LogP contribution is 2.24. The number of nitrogens with zero attached hydrogens (tertiary/aromatic N) is 2. The number of hydrogen-bond acceptors (Lipinski definition) is 3. The monoisotopic (exact) mass is 226 g/mol. The molecule has 16 heavy (non-hydrogen) atoms. The molecule has 2 saturated heterocycles. The van der Waals surface area contributed by atoms with Crippen LogP contribution in [0.1, 0.15) is 33.1 Å². The fourth-order valence-electron chi connectivity index (χ4n) is 3.09. The molecule has 2 heterocycles. The van der Waals surface area contributed by atoms with Gasteiger partial charge in [0.2, 0.25) is 0 Å². The smallest absolute Gasteiger partial charge is 0.0471 e. The maximum absolute atomic E-state index is 9.19. The predicted molar refractivity (Wildman–Crippen MR) is 66.5 cm³/mol. The lowest BCUT2D eigenvalue weighted by Gasteiger charge is -2.39. The van der Waals surface area contributed by atoms with E-state index >= 15 is 0 Å². The minimum atomic E-state index is 0.372. The first-order chi connectivity index (χ1) is 7.70. The maximum Gasteiger partial charge on any atom is 0.0471 e. The average Bonchev–Trinajstić information content (AvgIpc) is 2.77.